The maximum atomic E-state index is 9.49. The lowest BCUT2D eigenvalue weighted by molar-refractivity contribution is 0.338. The van der Waals surface area contributed by atoms with Crippen molar-refractivity contribution in [3.63, 3.8) is 0 Å². The molecule has 0 radical (unpaired) electrons. The van der Waals surface area contributed by atoms with Gasteiger partial charge in [-0.15, -0.1) is 0 Å². The fraction of sp³-hybridized carbons (Fsp3) is 0.333. The number of phenols is 1. The lowest BCUT2D eigenvalue weighted by atomic mass is 10.0. The molecule has 0 amide bonds. The number of phenolic OH excluding ortho intramolecular Hbond substituents is 1. The molecule has 0 spiro atoms. The van der Waals surface area contributed by atoms with Gasteiger partial charge in [-0.1, -0.05) is 6.92 Å². The summed E-state index contributed by atoms with van der Waals surface area (Å²) in [6, 6.07) is 3.27. The van der Waals surface area contributed by atoms with Gasteiger partial charge in [-0.05, 0) is 12.1 Å². The molecule has 1 aliphatic rings. The third-order valence-electron chi connectivity index (χ3n) is 2.17. The second-order valence-electron chi connectivity index (χ2n) is 3.13. The second kappa shape index (κ2) is 2.30. The Hall–Kier alpha value is -1.38. The number of benzene rings is 1. The van der Waals surface area contributed by atoms with Crippen molar-refractivity contribution in [1.29, 1.82) is 0 Å². The van der Waals surface area contributed by atoms with Crippen LogP contribution in [-0.2, 0) is 0 Å². The van der Waals surface area contributed by atoms with Gasteiger partial charge in [0.2, 0.25) is 0 Å². The first-order valence-corrected chi connectivity index (χ1v) is 3.94. The summed E-state index contributed by atoms with van der Waals surface area (Å²) in [6.07, 6.45) is 0. The molecule has 3 N–H and O–H groups in total. The molecule has 1 aromatic carbocycles. The molecule has 2 rings (SSSR count). The van der Waals surface area contributed by atoms with Gasteiger partial charge in [0.1, 0.15) is 11.5 Å². The highest BCUT2D eigenvalue weighted by atomic mass is 16.5. The highest BCUT2D eigenvalue weighted by molar-refractivity contribution is 5.63. The van der Waals surface area contributed by atoms with Gasteiger partial charge in [0.25, 0.3) is 0 Å². The smallest absolute Gasteiger partial charge is 0.149 e. The molecular formula is C9H11NO2. The number of nitrogens with two attached hydrogens (primary N) is 1. The molecule has 1 unspecified atom stereocenters. The van der Waals surface area contributed by atoms with Gasteiger partial charge >= 0.3 is 0 Å². The Bertz CT molecular complexity index is 323. The SMILES string of the molecule is CC1COc2c(N)ccc(O)c21. The molecule has 12 heavy (non-hydrogen) atoms. The van der Waals surface area contributed by atoms with E-state index in [-0.39, 0.29) is 11.7 Å². The molecule has 1 aromatic rings. The highest BCUT2D eigenvalue weighted by Crippen LogP contribution is 2.43. The average molecular weight is 165 g/mol. The molecule has 0 saturated carbocycles. The molecule has 0 aromatic heterocycles. The molecule has 3 nitrogen and oxygen atoms in total. The summed E-state index contributed by atoms with van der Waals surface area (Å²) in [7, 11) is 0. The molecular weight excluding hydrogens is 154 g/mol. The maximum Gasteiger partial charge on any atom is 0.149 e. The van der Waals surface area contributed by atoms with Crippen molar-refractivity contribution in [2.75, 3.05) is 12.3 Å². The van der Waals surface area contributed by atoms with Crippen LogP contribution in [0, 0.1) is 0 Å². The maximum absolute atomic E-state index is 9.49. The zero-order chi connectivity index (χ0) is 8.72. The first-order valence-electron chi connectivity index (χ1n) is 3.94. The van der Waals surface area contributed by atoms with E-state index in [1.54, 1.807) is 12.1 Å². The number of hydrogen-bond donors (Lipinski definition) is 2. The number of rotatable bonds is 0. The van der Waals surface area contributed by atoms with Gasteiger partial charge in [-0.25, -0.2) is 0 Å². The van der Waals surface area contributed by atoms with Crippen LogP contribution in [0.25, 0.3) is 0 Å². The van der Waals surface area contributed by atoms with Crippen molar-refractivity contribution in [3.8, 4) is 11.5 Å². The number of fused-ring (bicyclic) bond motifs is 1. The Balaban J connectivity index is 2.64. The van der Waals surface area contributed by atoms with Crippen LogP contribution in [0.2, 0.25) is 0 Å². The van der Waals surface area contributed by atoms with Crippen molar-refractivity contribution in [1.82, 2.24) is 0 Å². The van der Waals surface area contributed by atoms with E-state index < -0.39 is 0 Å². The zero-order valence-electron chi connectivity index (χ0n) is 6.87. The van der Waals surface area contributed by atoms with Gasteiger partial charge < -0.3 is 15.6 Å². The lowest BCUT2D eigenvalue weighted by Crippen LogP contribution is -1.93. The number of aromatic hydroxyl groups is 1. The normalized spacial score (nSPS) is 20.2. The van der Waals surface area contributed by atoms with Crippen molar-refractivity contribution < 1.29 is 9.84 Å². The van der Waals surface area contributed by atoms with E-state index in [4.69, 9.17) is 10.5 Å². The molecule has 0 saturated heterocycles. The lowest BCUT2D eigenvalue weighted by Gasteiger charge is -2.05. The van der Waals surface area contributed by atoms with Crippen LogP contribution in [0.1, 0.15) is 18.4 Å². The van der Waals surface area contributed by atoms with Gasteiger partial charge in [0, 0.05) is 11.5 Å². The van der Waals surface area contributed by atoms with Crippen molar-refractivity contribution in [2.45, 2.75) is 12.8 Å². The Morgan fingerprint density at radius 2 is 2.33 bits per heavy atom. The Morgan fingerprint density at radius 3 is 3.00 bits per heavy atom. The standard InChI is InChI=1S/C9H11NO2/c1-5-4-12-9-6(10)2-3-7(11)8(5)9/h2-3,5,11H,4,10H2,1H3. The fourth-order valence-electron chi connectivity index (χ4n) is 1.53. The first kappa shape index (κ1) is 7.28. The minimum Gasteiger partial charge on any atom is -0.508 e. The summed E-state index contributed by atoms with van der Waals surface area (Å²) < 4.78 is 5.34. The van der Waals surface area contributed by atoms with Gasteiger partial charge in [-0.2, -0.15) is 0 Å². The van der Waals surface area contributed by atoms with Crippen LogP contribution in [0.4, 0.5) is 5.69 Å². The predicted octanol–water partition coefficient (Wildman–Crippen LogP) is 1.47. The van der Waals surface area contributed by atoms with E-state index in [0.717, 1.165) is 5.56 Å². The van der Waals surface area contributed by atoms with Crippen LogP contribution in [0.3, 0.4) is 0 Å². The monoisotopic (exact) mass is 165 g/mol. The van der Waals surface area contributed by atoms with Crippen LogP contribution in [-0.4, -0.2) is 11.7 Å². The fourth-order valence-corrected chi connectivity index (χ4v) is 1.53. The van der Waals surface area contributed by atoms with E-state index in [1.165, 1.54) is 0 Å². The molecule has 64 valence electrons. The van der Waals surface area contributed by atoms with Crippen molar-refractivity contribution in [3.05, 3.63) is 17.7 Å². The second-order valence-corrected chi connectivity index (χ2v) is 3.13. The van der Waals surface area contributed by atoms with Gasteiger partial charge in [-0.3, -0.25) is 0 Å². The summed E-state index contributed by atoms with van der Waals surface area (Å²) in [5.41, 5.74) is 7.11. The van der Waals surface area contributed by atoms with E-state index >= 15 is 0 Å². The van der Waals surface area contributed by atoms with Crippen LogP contribution < -0.4 is 10.5 Å². The minimum absolute atomic E-state index is 0.239. The summed E-state index contributed by atoms with van der Waals surface area (Å²) in [4.78, 5) is 0. The van der Waals surface area contributed by atoms with Crippen molar-refractivity contribution >= 4 is 5.69 Å². The van der Waals surface area contributed by atoms with E-state index in [9.17, 15) is 5.11 Å². The topological polar surface area (TPSA) is 55.5 Å². The van der Waals surface area contributed by atoms with E-state index in [1.807, 2.05) is 6.92 Å². The molecule has 0 bridgehead atoms. The number of anilines is 1. The van der Waals surface area contributed by atoms with Gasteiger partial charge in [0.15, 0.2) is 0 Å². The van der Waals surface area contributed by atoms with E-state index in [0.29, 0.717) is 18.0 Å². The predicted molar refractivity (Wildman–Crippen MR) is 46.4 cm³/mol. The Labute approximate surface area is 70.8 Å². The molecule has 1 heterocycles. The summed E-state index contributed by atoms with van der Waals surface area (Å²) in [5.74, 6) is 1.18. The third kappa shape index (κ3) is 0.826. The van der Waals surface area contributed by atoms with E-state index in [2.05, 4.69) is 0 Å². The van der Waals surface area contributed by atoms with Crippen molar-refractivity contribution in [2.24, 2.45) is 0 Å². The largest absolute Gasteiger partial charge is 0.508 e. The van der Waals surface area contributed by atoms with Crippen LogP contribution >= 0.6 is 0 Å². The number of ether oxygens (including phenoxy) is 1. The molecule has 0 fully saturated rings. The Kier molecular flexibility index (Phi) is 1.40. The first-order chi connectivity index (χ1) is 5.70. The van der Waals surface area contributed by atoms with Crippen LogP contribution in [0.15, 0.2) is 12.1 Å². The number of nitrogen functional groups attached to an aromatic ring is 1. The third-order valence-corrected chi connectivity index (χ3v) is 2.17. The average Bonchev–Trinajstić information content (AvgIpc) is 2.42. The summed E-state index contributed by atoms with van der Waals surface area (Å²) in [5, 5.41) is 9.49. The Morgan fingerprint density at radius 1 is 1.58 bits per heavy atom. The van der Waals surface area contributed by atoms with Gasteiger partial charge in [0.05, 0.1) is 12.3 Å². The minimum atomic E-state index is 0.239. The molecule has 3 heteroatoms. The zero-order valence-corrected chi connectivity index (χ0v) is 6.87. The summed E-state index contributed by atoms with van der Waals surface area (Å²) >= 11 is 0. The van der Waals surface area contributed by atoms with Crippen LogP contribution in [0.5, 0.6) is 11.5 Å². The quantitative estimate of drug-likeness (QED) is 0.452. The number of hydrogen-bond acceptors (Lipinski definition) is 3. The molecule has 1 aliphatic heterocycles. The molecule has 0 aliphatic carbocycles. The molecule has 1 atom stereocenters. The summed E-state index contributed by atoms with van der Waals surface area (Å²) in [6.45, 7) is 2.61. The highest BCUT2D eigenvalue weighted by Gasteiger charge is 2.25.